The average Bonchev–Trinajstić information content (AvgIpc) is 3.22. The van der Waals surface area contributed by atoms with Gasteiger partial charge in [0.15, 0.2) is 0 Å². The standard InChI is InChI=1S/C15H17N3O4/c19-13-12-11(14(20)21)10-2-3-15(12,22-10)8-18(13)6-1-5-17-7-4-16-9-17/h2-4,7,9-12H,1,5-6,8H2,(H,20,21). The van der Waals surface area contributed by atoms with E-state index in [4.69, 9.17) is 4.74 Å². The van der Waals surface area contributed by atoms with Crippen molar-refractivity contribution in [2.24, 2.45) is 11.8 Å². The van der Waals surface area contributed by atoms with Crippen molar-refractivity contribution in [1.82, 2.24) is 14.5 Å². The summed E-state index contributed by atoms with van der Waals surface area (Å²) in [7, 11) is 0. The molecule has 116 valence electrons. The first-order valence-electron chi connectivity index (χ1n) is 7.45. The maximum absolute atomic E-state index is 12.6. The van der Waals surface area contributed by atoms with Crippen LogP contribution >= 0.6 is 0 Å². The lowest BCUT2D eigenvalue weighted by atomic mass is 9.77. The zero-order valence-electron chi connectivity index (χ0n) is 12.0. The quantitative estimate of drug-likeness (QED) is 0.782. The first kappa shape index (κ1) is 13.5. The Morgan fingerprint density at radius 1 is 1.50 bits per heavy atom. The predicted molar refractivity (Wildman–Crippen MR) is 74.8 cm³/mol. The fourth-order valence-corrected chi connectivity index (χ4v) is 3.91. The molecular weight excluding hydrogens is 286 g/mol. The summed E-state index contributed by atoms with van der Waals surface area (Å²) in [6.07, 6.45) is 9.36. The van der Waals surface area contributed by atoms with Gasteiger partial charge in [0.1, 0.15) is 11.5 Å². The number of hydrogen-bond acceptors (Lipinski definition) is 4. The van der Waals surface area contributed by atoms with Gasteiger partial charge in [-0.05, 0) is 6.42 Å². The summed E-state index contributed by atoms with van der Waals surface area (Å²) in [5.74, 6) is -2.37. The number of hydrogen-bond donors (Lipinski definition) is 1. The van der Waals surface area contributed by atoms with Crippen molar-refractivity contribution in [3.05, 3.63) is 30.9 Å². The number of likely N-dealkylation sites (tertiary alicyclic amines) is 1. The molecule has 2 saturated heterocycles. The molecule has 0 aliphatic carbocycles. The van der Waals surface area contributed by atoms with Gasteiger partial charge in [-0.3, -0.25) is 9.59 Å². The zero-order chi connectivity index (χ0) is 15.3. The number of ether oxygens (including phenoxy) is 1. The molecule has 4 unspecified atom stereocenters. The minimum absolute atomic E-state index is 0.0927. The largest absolute Gasteiger partial charge is 0.481 e. The summed E-state index contributed by atoms with van der Waals surface area (Å²) in [6.45, 7) is 1.84. The molecule has 4 rings (SSSR count). The van der Waals surface area contributed by atoms with E-state index in [0.29, 0.717) is 13.1 Å². The van der Waals surface area contributed by atoms with E-state index in [0.717, 1.165) is 13.0 Å². The van der Waals surface area contributed by atoms with Gasteiger partial charge in [-0.15, -0.1) is 0 Å². The SMILES string of the molecule is O=C(O)C1C2C=CC3(CN(CCCn4ccnc4)C(=O)C13)O2. The Labute approximate surface area is 127 Å². The number of rotatable bonds is 5. The molecule has 1 amide bonds. The van der Waals surface area contributed by atoms with Crippen molar-refractivity contribution in [3.63, 3.8) is 0 Å². The number of amides is 1. The molecule has 7 nitrogen and oxygen atoms in total. The third-order valence-electron chi connectivity index (χ3n) is 4.87. The lowest BCUT2D eigenvalue weighted by Gasteiger charge is -2.21. The molecule has 2 bridgehead atoms. The molecule has 0 radical (unpaired) electrons. The second-order valence-electron chi connectivity index (χ2n) is 6.15. The van der Waals surface area contributed by atoms with Crippen LogP contribution in [0, 0.1) is 11.8 Å². The van der Waals surface area contributed by atoms with Gasteiger partial charge in [0.25, 0.3) is 0 Å². The molecule has 7 heteroatoms. The Morgan fingerprint density at radius 2 is 2.36 bits per heavy atom. The molecule has 0 saturated carbocycles. The van der Waals surface area contributed by atoms with E-state index in [9.17, 15) is 14.7 Å². The lowest BCUT2D eigenvalue weighted by Crippen LogP contribution is -2.39. The molecule has 1 spiro atoms. The number of imidazole rings is 1. The van der Waals surface area contributed by atoms with Crippen molar-refractivity contribution in [3.8, 4) is 0 Å². The maximum atomic E-state index is 12.6. The molecular formula is C15H17N3O4. The zero-order valence-corrected chi connectivity index (χ0v) is 12.0. The molecule has 1 aromatic heterocycles. The normalized spacial score (nSPS) is 35.4. The predicted octanol–water partition coefficient (Wildman–Crippen LogP) is 0.140. The van der Waals surface area contributed by atoms with E-state index in [-0.39, 0.29) is 5.91 Å². The van der Waals surface area contributed by atoms with E-state index in [2.05, 4.69) is 4.98 Å². The van der Waals surface area contributed by atoms with Gasteiger partial charge in [-0.1, -0.05) is 12.2 Å². The average molecular weight is 303 g/mol. The minimum Gasteiger partial charge on any atom is -0.481 e. The number of carboxylic acid groups (broad SMARTS) is 1. The van der Waals surface area contributed by atoms with E-state index in [1.54, 1.807) is 23.5 Å². The Bertz CT molecular complexity index is 641. The van der Waals surface area contributed by atoms with Gasteiger partial charge in [0.2, 0.25) is 5.91 Å². The van der Waals surface area contributed by atoms with Gasteiger partial charge >= 0.3 is 5.97 Å². The van der Waals surface area contributed by atoms with Crippen molar-refractivity contribution < 1.29 is 19.4 Å². The molecule has 3 aliphatic rings. The van der Waals surface area contributed by atoms with Crippen LogP contribution in [-0.4, -0.2) is 56.2 Å². The Hall–Kier alpha value is -2.15. The number of aromatic nitrogens is 2. The van der Waals surface area contributed by atoms with Crippen molar-refractivity contribution >= 4 is 11.9 Å². The summed E-state index contributed by atoms with van der Waals surface area (Å²) in [6, 6.07) is 0. The number of carboxylic acids is 1. The van der Waals surface area contributed by atoms with Gasteiger partial charge in [-0.2, -0.15) is 0 Å². The van der Waals surface area contributed by atoms with Crippen LogP contribution in [0.3, 0.4) is 0 Å². The number of aliphatic carboxylic acids is 1. The lowest BCUT2D eigenvalue weighted by molar-refractivity contribution is -0.148. The van der Waals surface area contributed by atoms with Crippen LogP contribution in [-0.2, 0) is 20.9 Å². The molecule has 3 aliphatic heterocycles. The van der Waals surface area contributed by atoms with E-state index in [1.807, 2.05) is 16.8 Å². The van der Waals surface area contributed by atoms with Crippen LogP contribution in [0.15, 0.2) is 30.9 Å². The summed E-state index contributed by atoms with van der Waals surface area (Å²) in [4.78, 5) is 29.8. The highest BCUT2D eigenvalue weighted by Crippen LogP contribution is 2.51. The van der Waals surface area contributed by atoms with E-state index in [1.165, 1.54) is 0 Å². The fourth-order valence-electron chi connectivity index (χ4n) is 3.91. The highest BCUT2D eigenvalue weighted by atomic mass is 16.5. The topological polar surface area (TPSA) is 84.7 Å². The van der Waals surface area contributed by atoms with Crippen LogP contribution in [0.25, 0.3) is 0 Å². The number of fused-ring (bicyclic) bond motifs is 1. The fraction of sp³-hybridized carbons (Fsp3) is 0.533. The number of nitrogens with zero attached hydrogens (tertiary/aromatic N) is 3. The first-order chi connectivity index (χ1) is 10.6. The summed E-state index contributed by atoms with van der Waals surface area (Å²) in [5.41, 5.74) is -0.722. The van der Waals surface area contributed by atoms with Crippen LogP contribution in [0.1, 0.15) is 6.42 Å². The van der Waals surface area contributed by atoms with E-state index >= 15 is 0 Å². The maximum Gasteiger partial charge on any atom is 0.310 e. The number of aryl methyl sites for hydroxylation is 1. The van der Waals surface area contributed by atoms with Gasteiger partial charge in [0, 0.05) is 25.5 Å². The van der Waals surface area contributed by atoms with Crippen LogP contribution in [0.2, 0.25) is 0 Å². The molecule has 22 heavy (non-hydrogen) atoms. The highest BCUT2D eigenvalue weighted by Gasteiger charge is 2.66. The van der Waals surface area contributed by atoms with Crippen LogP contribution in [0.4, 0.5) is 0 Å². The highest BCUT2D eigenvalue weighted by molar-refractivity contribution is 5.90. The van der Waals surface area contributed by atoms with E-state index < -0.39 is 29.5 Å². The second kappa shape index (κ2) is 4.67. The monoisotopic (exact) mass is 303 g/mol. The van der Waals surface area contributed by atoms with Crippen molar-refractivity contribution in [1.29, 1.82) is 0 Å². The van der Waals surface area contributed by atoms with Crippen molar-refractivity contribution in [2.75, 3.05) is 13.1 Å². The first-order valence-corrected chi connectivity index (χ1v) is 7.45. The van der Waals surface area contributed by atoms with Crippen LogP contribution in [0.5, 0.6) is 0 Å². The van der Waals surface area contributed by atoms with Crippen molar-refractivity contribution in [2.45, 2.75) is 24.7 Å². The summed E-state index contributed by atoms with van der Waals surface area (Å²) < 4.78 is 7.80. The number of carbonyl (C=O) groups excluding carboxylic acids is 1. The number of carbonyl (C=O) groups is 2. The third-order valence-corrected chi connectivity index (χ3v) is 4.87. The Kier molecular flexibility index (Phi) is 2.87. The molecule has 4 atom stereocenters. The minimum atomic E-state index is -0.949. The second-order valence-corrected chi connectivity index (χ2v) is 6.15. The molecule has 1 N–H and O–H groups in total. The molecule has 2 fully saturated rings. The summed E-state index contributed by atoms with van der Waals surface area (Å²) >= 11 is 0. The Balaban J connectivity index is 1.45. The molecule has 0 aromatic carbocycles. The van der Waals surface area contributed by atoms with Crippen LogP contribution < -0.4 is 0 Å². The van der Waals surface area contributed by atoms with Gasteiger partial charge in [-0.25, -0.2) is 4.98 Å². The van der Waals surface area contributed by atoms with Gasteiger partial charge in [0.05, 0.1) is 24.9 Å². The third kappa shape index (κ3) is 1.81. The molecule has 1 aromatic rings. The smallest absolute Gasteiger partial charge is 0.310 e. The summed E-state index contributed by atoms with van der Waals surface area (Å²) in [5, 5.41) is 9.39. The van der Waals surface area contributed by atoms with Gasteiger partial charge < -0.3 is 19.3 Å². The molecule has 4 heterocycles. The Morgan fingerprint density at radius 3 is 3.09 bits per heavy atom.